The van der Waals surface area contributed by atoms with Crippen LogP contribution in [-0.2, 0) is 9.59 Å². The highest BCUT2D eigenvalue weighted by molar-refractivity contribution is 6.10. The molecule has 6 heteroatoms. The lowest BCUT2D eigenvalue weighted by molar-refractivity contribution is -0.125. The van der Waals surface area contributed by atoms with Crippen LogP contribution in [0.2, 0.25) is 0 Å². The number of nitrogens with one attached hydrogen (secondary N) is 1. The molecule has 1 aliphatic rings. The monoisotopic (exact) mass is 405 g/mol. The fraction of sp³-hybridized carbons (Fsp3) is 0.375. The molecule has 2 amide bonds. The van der Waals surface area contributed by atoms with Crippen molar-refractivity contribution in [2.24, 2.45) is 0 Å². The van der Waals surface area contributed by atoms with Crippen molar-refractivity contribution in [3.8, 4) is 17.6 Å². The molecular formula is C24H27N3O3. The van der Waals surface area contributed by atoms with Gasteiger partial charge in [0.25, 0.3) is 0 Å². The molecule has 3 rings (SSSR count). The van der Waals surface area contributed by atoms with Crippen LogP contribution in [0.3, 0.4) is 0 Å². The third-order valence-corrected chi connectivity index (χ3v) is 5.26. The topological polar surface area (TPSA) is 71.5 Å². The molecule has 1 atom stereocenters. The normalized spacial score (nSPS) is 14.7. The summed E-state index contributed by atoms with van der Waals surface area (Å²) in [5.74, 6) is 5.23. The van der Waals surface area contributed by atoms with E-state index in [0.29, 0.717) is 17.0 Å². The van der Waals surface area contributed by atoms with Gasteiger partial charge >= 0.3 is 5.91 Å². The molecule has 1 aliphatic carbocycles. The first-order valence-corrected chi connectivity index (χ1v) is 10.2. The fourth-order valence-corrected chi connectivity index (χ4v) is 3.78. The molecule has 1 N–H and O–H groups in total. The van der Waals surface area contributed by atoms with Crippen molar-refractivity contribution in [1.82, 2.24) is 10.3 Å². The van der Waals surface area contributed by atoms with Gasteiger partial charge in [-0.05, 0) is 56.0 Å². The van der Waals surface area contributed by atoms with Crippen molar-refractivity contribution in [3.05, 3.63) is 54.4 Å². The Balaban J connectivity index is 2.01. The molecule has 2 aromatic rings. The van der Waals surface area contributed by atoms with Gasteiger partial charge in [0.2, 0.25) is 5.91 Å². The number of benzene rings is 1. The maximum atomic E-state index is 13.5. The third-order valence-electron chi connectivity index (χ3n) is 5.26. The number of carbonyl (C=O) groups is 2. The Morgan fingerprint density at radius 3 is 2.50 bits per heavy atom. The summed E-state index contributed by atoms with van der Waals surface area (Å²) < 4.78 is 5.23. The molecule has 1 aromatic carbocycles. The van der Waals surface area contributed by atoms with E-state index in [4.69, 9.17) is 4.74 Å². The van der Waals surface area contributed by atoms with Gasteiger partial charge in [-0.25, -0.2) is 0 Å². The van der Waals surface area contributed by atoms with Crippen LogP contribution in [0.15, 0.2) is 48.8 Å². The first-order valence-electron chi connectivity index (χ1n) is 10.2. The lowest BCUT2D eigenvalue weighted by Gasteiger charge is -2.32. The highest BCUT2D eigenvalue weighted by atomic mass is 16.5. The Morgan fingerprint density at radius 2 is 1.90 bits per heavy atom. The average molecular weight is 405 g/mol. The number of hydrogen-bond donors (Lipinski definition) is 1. The lowest BCUT2D eigenvalue weighted by Crippen LogP contribution is -2.47. The molecule has 6 nitrogen and oxygen atoms in total. The number of amides is 2. The number of hydrogen-bond acceptors (Lipinski definition) is 4. The van der Waals surface area contributed by atoms with E-state index in [1.54, 1.807) is 62.8 Å². The highest BCUT2D eigenvalue weighted by Gasteiger charge is 2.33. The summed E-state index contributed by atoms with van der Waals surface area (Å²) in [6.07, 6.45) is 8.57. The van der Waals surface area contributed by atoms with Gasteiger partial charge in [0.1, 0.15) is 11.8 Å². The second kappa shape index (κ2) is 10.4. The van der Waals surface area contributed by atoms with Crippen molar-refractivity contribution in [2.45, 2.75) is 51.1 Å². The minimum absolute atomic E-state index is 0.121. The molecule has 1 heterocycles. The summed E-state index contributed by atoms with van der Waals surface area (Å²) >= 11 is 0. The number of methoxy groups -OCH3 is 1. The maximum Gasteiger partial charge on any atom is 0.303 e. The van der Waals surface area contributed by atoms with Crippen LogP contribution in [0.4, 0.5) is 5.69 Å². The van der Waals surface area contributed by atoms with Crippen LogP contribution in [0.1, 0.15) is 50.6 Å². The third kappa shape index (κ3) is 5.18. The summed E-state index contributed by atoms with van der Waals surface area (Å²) in [4.78, 5) is 32.1. The van der Waals surface area contributed by atoms with Crippen LogP contribution in [0.5, 0.6) is 5.75 Å². The number of rotatable bonds is 6. The summed E-state index contributed by atoms with van der Waals surface area (Å²) in [5, 5.41) is 3.15. The molecule has 0 spiro atoms. The zero-order valence-electron chi connectivity index (χ0n) is 17.4. The molecule has 30 heavy (non-hydrogen) atoms. The van der Waals surface area contributed by atoms with Crippen molar-refractivity contribution in [1.29, 1.82) is 0 Å². The number of ether oxygens (including phenoxy) is 1. The fourth-order valence-electron chi connectivity index (χ4n) is 3.78. The molecule has 0 radical (unpaired) electrons. The zero-order chi connectivity index (χ0) is 21.3. The van der Waals surface area contributed by atoms with Crippen LogP contribution >= 0.6 is 0 Å². The Bertz CT molecular complexity index is 910. The number of pyridine rings is 1. The second-order valence-electron chi connectivity index (χ2n) is 7.28. The van der Waals surface area contributed by atoms with Crippen molar-refractivity contribution in [2.75, 3.05) is 12.0 Å². The van der Waals surface area contributed by atoms with Gasteiger partial charge in [-0.2, -0.15) is 0 Å². The highest BCUT2D eigenvalue weighted by Crippen LogP contribution is 2.30. The largest absolute Gasteiger partial charge is 0.497 e. The van der Waals surface area contributed by atoms with Crippen LogP contribution in [0.25, 0.3) is 0 Å². The molecular weight excluding hydrogens is 378 g/mol. The van der Waals surface area contributed by atoms with Gasteiger partial charge in [-0.15, -0.1) is 0 Å². The van der Waals surface area contributed by atoms with E-state index in [1.807, 2.05) is 0 Å². The minimum atomic E-state index is -0.873. The van der Waals surface area contributed by atoms with Gasteiger partial charge in [0.05, 0.1) is 7.11 Å². The van der Waals surface area contributed by atoms with E-state index < -0.39 is 11.9 Å². The average Bonchev–Trinajstić information content (AvgIpc) is 2.79. The predicted molar refractivity (Wildman–Crippen MR) is 116 cm³/mol. The molecule has 1 saturated carbocycles. The van der Waals surface area contributed by atoms with E-state index in [2.05, 4.69) is 22.1 Å². The summed E-state index contributed by atoms with van der Waals surface area (Å²) in [6, 6.07) is 9.84. The molecule has 0 bridgehead atoms. The quantitative estimate of drug-likeness (QED) is 0.745. The van der Waals surface area contributed by atoms with Gasteiger partial charge in [0, 0.05) is 29.7 Å². The Hall–Kier alpha value is -3.33. The van der Waals surface area contributed by atoms with Crippen LogP contribution in [-0.4, -0.2) is 29.9 Å². The summed E-state index contributed by atoms with van der Waals surface area (Å²) in [7, 11) is 1.58. The van der Waals surface area contributed by atoms with Crippen LogP contribution in [0, 0.1) is 11.8 Å². The Morgan fingerprint density at radius 1 is 1.17 bits per heavy atom. The molecule has 156 valence electrons. The first-order chi connectivity index (χ1) is 14.6. The number of carbonyl (C=O) groups excluding carboxylic acids is 2. The molecule has 1 fully saturated rings. The van der Waals surface area contributed by atoms with Gasteiger partial charge in [-0.1, -0.05) is 31.2 Å². The SMILES string of the molecule is CC#CC(=O)N(c1ccc(OC)cc1)C(C(=O)NC1CCCCC1)c1cccnc1. The number of anilines is 1. The minimum Gasteiger partial charge on any atom is -0.497 e. The van der Waals surface area contributed by atoms with Crippen molar-refractivity contribution < 1.29 is 14.3 Å². The molecule has 1 unspecified atom stereocenters. The maximum absolute atomic E-state index is 13.5. The molecule has 0 aliphatic heterocycles. The van der Waals surface area contributed by atoms with Crippen molar-refractivity contribution in [3.63, 3.8) is 0 Å². The predicted octanol–water partition coefficient (Wildman–Crippen LogP) is 3.64. The van der Waals surface area contributed by atoms with Gasteiger partial charge < -0.3 is 10.1 Å². The Labute approximate surface area is 177 Å². The van der Waals surface area contributed by atoms with E-state index in [1.165, 1.54) is 11.3 Å². The second-order valence-corrected chi connectivity index (χ2v) is 7.28. The molecule has 0 saturated heterocycles. The summed E-state index contributed by atoms with van der Waals surface area (Å²) in [6.45, 7) is 1.60. The van der Waals surface area contributed by atoms with Crippen LogP contribution < -0.4 is 15.0 Å². The van der Waals surface area contributed by atoms with Gasteiger partial charge in [0.15, 0.2) is 0 Å². The Kier molecular flexibility index (Phi) is 7.45. The van der Waals surface area contributed by atoms with E-state index in [-0.39, 0.29) is 11.9 Å². The number of nitrogens with zero attached hydrogens (tertiary/aromatic N) is 2. The van der Waals surface area contributed by atoms with Crippen molar-refractivity contribution >= 4 is 17.5 Å². The smallest absolute Gasteiger partial charge is 0.303 e. The number of aromatic nitrogens is 1. The summed E-state index contributed by atoms with van der Waals surface area (Å²) in [5.41, 5.74) is 1.20. The van der Waals surface area contributed by atoms with E-state index >= 15 is 0 Å². The van der Waals surface area contributed by atoms with Gasteiger partial charge in [-0.3, -0.25) is 19.5 Å². The molecule has 1 aromatic heterocycles. The van der Waals surface area contributed by atoms with E-state index in [0.717, 1.165) is 25.7 Å². The first kappa shape index (κ1) is 21.4. The zero-order valence-corrected chi connectivity index (χ0v) is 17.4. The standard InChI is InChI=1S/C24H27N3O3/c1-3-8-22(28)27(20-12-14-21(30-2)15-13-20)23(18-9-7-16-25-17-18)24(29)26-19-10-5-4-6-11-19/h7,9,12-17,19,23H,4-6,10-11H2,1-2H3,(H,26,29). The van der Waals surface area contributed by atoms with E-state index in [9.17, 15) is 9.59 Å². The lowest BCUT2D eigenvalue weighted by atomic mass is 9.94.